The lowest BCUT2D eigenvalue weighted by Crippen LogP contribution is -2.42. The molecule has 2 N–H and O–H groups in total. The van der Waals surface area contributed by atoms with Crippen molar-refractivity contribution >= 4 is 17.7 Å². The van der Waals surface area contributed by atoms with Crippen LogP contribution in [-0.2, 0) is 9.47 Å². The molecule has 1 aromatic carbocycles. The first-order valence-corrected chi connectivity index (χ1v) is 10.8. The van der Waals surface area contributed by atoms with Crippen molar-refractivity contribution in [1.29, 1.82) is 0 Å². The van der Waals surface area contributed by atoms with E-state index in [0.29, 0.717) is 18.2 Å². The lowest BCUT2D eigenvalue weighted by Gasteiger charge is -2.34. The van der Waals surface area contributed by atoms with Crippen LogP contribution in [0.1, 0.15) is 70.7 Å². The SMILES string of the molecule is CCOc1c(F)cc(C(=O)OC)cc1N[C@@H](C)C1CCC(NC(=O)OC(C)(C)C)CC1. The van der Waals surface area contributed by atoms with Crippen LogP contribution < -0.4 is 15.4 Å². The van der Waals surface area contributed by atoms with E-state index in [1.807, 2.05) is 27.7 Å². The minimum atomic E-state index is -0.607. The fourth-order valence-corrected chi connectivity index (χ4v) is 3.83. The van der Waals surface area contributed by atoms with E-state index in [-0.39, 0.29) is 23.4 Å². The molecule has 1 saturated carbocycles. The predicted octanol–water partition coefficient (Wildman–Crippen LogP) is 4.89. The second-order valence-electron chi connectivity index (χ2n) is 8.95. The number of alkyl carbamates (subject to hydrolysis) is 1. The van der Waals surface area contributed by atoms with Gasteiger partial charge in [0.05, 0.1) is 25.0 Å². The van der Waals surface area contributed by atoms with E-state index >= 15 is 0 Å². The zero-order valence-corrected chi connectivity index (χ0v) is 19.3. The zero-order valence-electron chi connectivity index (χ0n) is 19.3. The summed E-state index contributed by atoms with van der Waals surface area (Å²) in [5.74, 6) is -0.783. The van der Waals surface area contributed by atoms with E-state index in [4.69, 9.17) is 14.2 Å². The number of hydrogen-bond donors (Lipinski definition) is 2. The normalized spacial score (nSPS) is 19.8. The number of hydrogen-bond acceptors (Lipinski definition) is 6. The van der Waals surface area contributed by atoms with Gasteiger partial charge >= 0.3 is 12.1 Å². The highest BCUT2D eigenvalue weighted by Crippen LogP contribution is 2.34. The molecule has 0 aromatic heterocycles. The third-order valence-corrected chi connectivity index (χ3v) is 5.34. The van der Waals surface area contributed by atoms with Crippen LogP contribution in [0.15, 0.2) is 12.1 Å². The van der Waals surface area contributed by atoms with Crippen molar-refractivity contribution in [3.8, 4) is 5.75 Å². The van der Waals surface area contributed by atoms with Crippen LogP contribution in [0.3, 0.4) is 0 Å². The van der Waals surface area contributed by atoms with Crippen molar-refractivity contribution in [2.75, 3.05) is 19.0 Å². The molecule has 0 heterocycles. The molecule has 1 aromatic rings. The highest BCUT2D eigenvalue weighted by molar-refractivity contribution is 5.91. The monoisotopic (exact) mass is 438 g/mol. The van der Waals surface area contributed by atoms with E-state index in [9.17, 15) is 14.0 Å². The third kappa shape index (κ3) is 7.29. The van der Waals surface area contributed by atoms with Crippen LogP contribution in [0.25, 0.3) is 0 Å². The van der Waals surface area contributed by atoms with Gasteiger partial charge in [0.1, 0.15) is 5.60 Å². The summed E-state index contributed by atoms with van der Waals surface area (Å²) in [6.45, 7) is 9.63. The number of nitrogens with one attached hydrogen (secondary N) is 2. The van der Waals surface area contributed by atoms with Crippen molar-refractivity contribution in [3.63, 3.8) is 0 Å². The van der Waals surface area contributed by atoms with Gasteiger partial charge in [-0.1, -0.05) is 0 Å². The van der Waals surface area contributed by atoms with Crippen LogP contribution in [-0.4, -0.2) is 43.5 Å². The van der Waals surface area contributed by atoms with Crippen molar-refractivity contribution in [2.24, 2.45) is 5.92 Å². The van der Waals surface area contributed by atoms with Gasteiger partial charge in [0, 0.05) is 12.1 Å². The molecule has 1 aliphatic rings. The Kier molecular flexibility index (Phi) is 8.53. The molecule has 8 heteroatoms. The molecular formula is C23H35FN2O5. The number of anilines is 1. The summed E-state index contributed by atoms with van der Waals surface area (Å²) >= 11 is 0. The standard InChI is InChI=1S/C23H35FN2O5/c1-7-30-20-18(24)12-16(21(27)29-6)13-19(20)25-14(2)15-8-10-17(11-9-15)26-22(28)31-23(3,4)5/h12-15,17,25H,7-11H2,1-6H3,(H,26,28)/t14-,15?,17?/m0/s1. The van der Waals surface area contributed by atoms with Gasteiger partial charge < -0.3 is 24.8 Å². The first-order chi connectivity index (χ1) is 14.5. The smallest absolute Gasteiger partial charge is 0.407 e. The Labute approximate surface area is 184 Å². The molecule has 0 saturated heterocycles. The summed E-state index contributed by atoms with van der Waals surface area (Å²) in [5, 5.41) is 6.27. The highest BCUT2D eigenvalue weighted by Gasteiger charge is 2.28. The Balaban J connectivity index is 2.01. The minimum absolute atomic E-state index is 0.0222. The molecule has 0 unspecified atom stereocenters. The number of benzene rings is 1. The molecule has 0 aliphatic heterocycles. The highest BCUT2D eigenvalue weighted by atomic mass is 19.1. The van der Waals surface area contributed by atoms with Crippen molar-refractivity contribution in [3.05, 3.63) is 23.5 Å². The largest absolute Gasteiger partial charge is 0.489 e. The molecule has 0 spiro atoms. The van der Waals surface area contributed by atoms with Crippen LogP contribution in [0, 0.1) is 11.7 Å². The van der Waals surface area contributed by atoms with Crippen LogP contribution >= 0.6 is 0 Å². The molecule has 0 radical (unpaired) electrons. The lowest BCUT2D eigenvalue weighted by molar-refractivity contribution is 0.0485. The van der Waals surface area contributed by atoms with Gasteiger partial charge in [0.2, 0.25) is 0 Å². The third-order valence-electron chi connectivity index (χ3n) is 5.34. The van der Waals surface area contributed by atoms with Gasteiger partial charge in [-0.05, 0) is 78.4 Å². The molecular weight excluding hydrogens is 403 g/mol. The molecule has 7 nitrogen and oxygen atoms in total. The summed E-state index contributed by atoms with van der Waals surface area (Å²) < 4.78 is 30.1. The van der Waals surface area contributed by atoms with Gasteiger partial charge in [0.25, 0.3) is 0 Å². The summed E-state index contributed by atoms with van der Waals surface area (Å²) in [6, 6.07) is 2.79. The van der Waals surface area contributed by atoms with E-state index in [2.05, 4.69) is 10.6 Å². The summed E-state index contributed by atoms with van der Waals surface area (Å²) in [5.41, 5.74) is 0.0404. The Morgan fingerprint density at radius 2 is 1.84 bits per heavy atom. The fourth-order valence-electron chi connectivity index (χ4n) is 3.83. The molecule has 174 valence electrons. The van der Waals surface area contributed by atoms with Crippen LogP contribution in [0.5, 0.6) is 5.75 Å². The van der Waals surface area contributed by atoms with E-state index in [0.717, 1.165) is 31.7 Å². The lowest BCUT2D eigenvalue weighted by atomic mass is 9.82. The average molecular weight is 439 g/mol. The topological polar surface area (TPSA) is 85.9 Å². The second kappa shape index (κ2) is 10.7. The van der Waals surface area contributed by atoms with Crippen molar-refractivity contribution in [1.82, 2.24) is 5.32 Å². The van der Waals surface area contributed by atoms with Gasteiger partial charge in [-0.2, -0.15) is 0 Å². The first-order valence-electron chi connectivity index (χ1n) is 10.8. The summed E-state index contributed by atoms with van der Waals surface area (Å²) in [4.78, 5) is 23.9. The van der Waals surface area contributed by atoms with E-state index in [1.54, 1.807) is 13.0 Å². The van der Waals surface area contributed by atoms with Gasteiger partial charge in [0.15, 0.2) is 11.6 Å². The Morgan fingerprint density at radius 3 is 2.39 bits per heavy atom. The summed E-state index contributed by atoms with van der Waals surface area (Å²) in [6.07, 6.45) is 3.09. The Morgan fingerprint density at radius 1 is 1.19 bits per heavy atom. The maximum Gasteiger partial charge on any atom is 0.407 e. The molecule has 31 heavy (non-hydrogen) atoms. The quantitative estimate of drug-likeness (QED) is 0.589. The number of carbonyl (C=O) groups excluding carboxylic acids is 2. The van der Waals surface area contributed by atoms with Crippen LogP contribution in [0.2, 0.25) is 0 Å². The summed E-state index contributed by atoms with van der Waals surface area (Å²) in [7, 11) is 1.26. The van der Waals surface area contributed by atoms with Crippen molar-refractivity contribution in [2.45, 2.75) is 78.0 Å². The number of carbonyl (C=O) groups is 2. The number of halogens is 1. The minimum Gasteiger partial charge on any atom is -0.489 e. The predicted molar refractivity (Wildman–Crippen MR) is 117 cm³/mol. The fraction of sp³-hybridized carbons (Fsp3) is 0.652. The van der Waals surface area contributed by atoms with Gasteiger partial charge in [-0.25, -0.2) is 14.0 Å². The molecule has 1 aliphatic carbocycles. The molecule has 2 rings (SSSR count). The van der Waals surface area contributed by atoms with Gasteiger partial charge in [-0.15, -0.1) is 0 Å². The zero-order chi connectivity index (χ0) is 23.2. The maximum atomic E-state index is 14.6. The number of ether oxygens (including phenoxy) is 3. The number of rotatable bonds is 7. The molecule has 1 fully saturated rings. The number of methoxy groups -OCH3 is 1. The van der Waals surface area contributed by atoms with Gasteiger partial charge in [-0.3, -0.25) is 0 Å². The van der Waals surface area contributed by atoms with E-state index < -0.39 is 23.5 Å². The maximum absolute atomic E-state index is 14.6. The van der Waals surface area contributed by atoms with E-state index in [1.165, 1.54) is 7.11 Å². The van der Waals surface area contributed by atoms with Crippen LogP contribution in [0.4, 0.5) is 14.9 Å². The first kappa shape index (κ1) is 24.8. The van der Waals surface area contributed by atoms with Crippen molar-refractivity contribution < 1.29 is 28.2 Å². The molecule has 1 amide bonds. The Bertz CT molecular complexity index is 770. The Hall–Kier alpha value is -2.51. The number of esters is 1. The average Bonchev–Trinajstić information content (AvgIpc) is 2.68. The second-order valence-corrected chi connectivity index (χ2v) is 8.95. The molecule has 1 atom stereocenters. The number of amides is 1. The molecule has 0 bridgehead atoms.